The van der Waals surface area contributed by atoms with Crippen molar-refractivity contribution in [1.82, 2.24) is 4.90 Å². The van der Waals surface area contributed by atoms with Crippen LogP contribution < -0.4 is 0 Å². The highest BCUT2D eigenvalue weighted by atomic mass is 16.4. The zero-order chi connectivity index (χ0) is 10.3. The summed E-state index contributed by atoms with van der Waals surface area (Å²) in [5.41, 5.74) is 0. The van der Waals surface area contributed by atoms with Gasteiger partial charge in [0, 0.05) is 25.4 Å². The molecule has 0 spiro atoms. The molecule has 0 amide bonds. The SMILES string of the molecule is CCC(C)CN(C=CC(=O)O)CC. The predicted octanol–water partition coefficient (Wildman–Crippen LogP) is 1.95. The van der Waals surface area contributed by atoms with E-state index in [1.807, 2.05) is 11.8 Å². The molecule has 3 nitrogen and oxygen atoms in total. The smallest absolute Gasteiger partial charge is 0.329 e. The molecule has 3 heteroatoms. The lowest BCUT2D eigenvalue weighted by atomic mass is 10.1. The van der Waals surface area contributed by atoms with E-state index < -0.39 is 5.97 Å². The first-order chi connectivity index (χ1) is 6.10. The van der Waals surface area contributed by atoms with Crippen molar-refractivity contribution in [2.24, 2.45) is 5.92 Å². The van der Waals surface area contributed by atoms with Crippen LogP contribution in [0.4, 0.5) is 0 Å². The number of nitrogens with zero attached hydrogens (tertiary/aromatic N) is 1. The van der Waals surface area contributed by atoms with Crippen LogP contribution in [0, 0.1) is 5.92 Å². The fourth-order valence-electron chi connectivity index (χ4n) is 0.994. The Kier molecular flexibility index (Phi) is 6.02. The van der Waals surface area contributed by atoms with Crippen molar-refractivity contribution in [1.29, 1.82) is 0 Å². The summed E-state index contributed by atoms with van der Waals surface area (Å²) in [6, 6.07) is 0. The lowest BCUT2D eigenvalue weighted by Gasteiger charge is -2.21. The summed E-state index contributed by atoms with van der Waals surface area (Å²) in [6.45, 7) is 8.11. The van der Waals surface area contributed by atoms with Crippen molar-refractivity contribution in [3.63, 3.8) is 0 Å². The van der Waals surface area contributed by atoms with Gasteiger partial charge in [0.05, 0.1) is 0 Å². The molecule has 1 atom stereocenters. The molecule has 1 unspecified atom stereocenters. The van der Waals surface area contributed by atoms with Gasteiger partial charge in [-0.3, -0.25) is 0 Å². The number of aliphatic carboxylic acids is 1. The maximum absolute atomic E-state index is 10.3. The first kappa shape index (κ1) is 12.0. The molecule has 0 rings (SSSR count). The Labute approximate surface area is 80.0 Å². The van der Waals surface area contributed by atoms with E-state index in [-0.39, 0.29) is 0 Å². The van der Waals surface area contributed by atoms with Crippen molar-refractivity contribution in [3.05, 3.63) is 12.3 Å². The van der Waals surface area contributed by atoms with Gasteiger partial charge in [0.25, 0.3) is 0 Å². The Morgan fingerprint density at radius 3 is 2.54 bits per heavy atom. The zero-order valence-electron chi connectivity index (χ0n) is 8.66. The van der Waals surface area contributed by atoms with Gasteiger partial charge in [0.15, 0.2) is 0 Å². The van der Waals surface area contributed by atoms with Gasteiger partial charge in [-0.2, -0.15) is 0 Å². The highest BCUT2D eigenvalue weighted by Crippen LogP contribution is 2.04. The van der Waals surface area contributed by atoms with E-state index in [1.54, 1.807) is 6.20 Å². The summed E-state index contributed by atoms with van der Waals surface area (Å²) < 4.78 is 0. The number of carbonyl (C=O) groups is 1. The Morgan fingerprint density at radius 1 is 1.54 bits per heavy atom. The van der Waals surface area contributed by atoms with Crippen LogP contribution in [0.15, 0.2) is 12.3 Å². The van der Waals surface area contributed by atoms with E-state index in [4.69, 9.17) is 5.11 Å². The number of hydrogen-bond acceptors (Lipinski definition) is 2. The van der Waals surface area contributed by atoms with Crippen molar-refractivity contribution < 1.29 is 9.90 Å². The minimum atomic E-state index is -0.886. The third-order valence-electron chi connectivity index (χ3n) is 2.08. The van der Waals surface area contributed by atoms with Gasteiger partial charge in [-0.05, 0) is 12.8 Å². The molecule has 76 valence electrons. The number of hydrogen-bond donors (Lipinski definition) is 1. The Bertz CT molecular complexity index is 178. The molecule has 13 heavy (non-hydrogen) atoms. The van der Waals surface area contributed by atoms with Gasteiger partial charge < -0.3 is 10.0 Å². The van der Waals surface area contributed by atoms with Crippen LogP contribution in [0.2, 0.25) is 0 Å². The normalized spacial score (nSPS) is 13.2. The molecule has 0 fully saturated rings. The van der Waals surface area contributed by atoms with E-state index in [0.29, 0.717) is 5.92 Å². The minimum absolute atomic E-state index is 0.610. The van der Waals surface area contributed by atoms with Crippen molar-refractivity contribution in [2.45, 2.75) is 27.2 Å². The quantitative estimate of drug-likeness (QED) is 0.643. The van der Waals surface area contributed by atoms with Gasteiger partial charge >= 0.3 is 5.97 Å². The summed E-state index contributed by atoms with van der Waals surface area (Å²) in [7, 11) is 0. The maximum Gasteiger partial charge on any atom is 0.329 e. The van der Waals surface area contributed by atoms with Crippen LogP contribution in [0.3, 0.4) is 0 Å². The summed E-state index contributed by atoms with van der Waals surface area (Å²) >= 11 is 0. The first-order valence-electron chi connectivity index (χ1n) is 4.75. The van der Waals surface area contributed by atoms with Crippen LogP contribution >= 0.6 is 0 Å². The zero-order valence-corrected chi connectivity index (χ0v) is 8.66. The molecule has 0 bridgehead atoms. The van der Waals surface area contributed by atoms with E-state index in [1.165, 1.54) is 6.08 Å². The number of carboxylic acids is 1. The molecule has 0 aliphatic heterocycles. The monoisotopic (exact) mass is 185 g/mol. The molecule has 1 N–H and O–H groups in total. The third-order valence-corrected chi connectivity index (χ3v) is 2.08. The van der Waals surface area contributed by atoms with Crippen LogP contribution in [0.1, 0.15) is 27.2 Å². The van der Waals surface area contributed by atoms with Gasteiger partial charge in [0.2, 0.25) is 0 Å². The van der Waals surface area contributed by atoms with Crippen LogP contribution in [-0.4, -0.2) is 29.1 Å². The van der Waals surface area contributed by atoms with E-state index in [2.05, 4.69) is 13.8 Å². The third kappa shape index (κ3) is 6.20. The highest BCUT2D eigenvalue weighted by Gasteiger charge is 2.02. The molecule has 0 saturated carbocycles. The predicted molar refractivity (Wildman–Crippen MR) is 53.5 cm³/mol. The fourth-order valence-corrected chi connectivity index (χ4v) is 0.994. The van der Waals surface area contributed by atoms with Crippen molar-refractivity contribution in [2.75, 3.05) is 13.1 Å². The first-order valence-corrected chi connectivity index (χ1v) is 4.75. The second-order valence-corrected chi connectivity index (χ2v) is 3.25. The summed E-state index contributed by atoms with van der Waals surface area (Å²) in [6.07, 6.45) is 3.96. The fraction of sp³-hybridized carbons (Fsp3) is 0.700. The van der Waals surface area contributed by atoms with E-state index in [9.17, 15) is 4.79 Å². The summed E-state index contributed by atoms with van der Waals surface area (Å²) in [5, 5.41) is 8.44. The second kappa shape index (κ2) is 6.52. The van der Waals surface area contributed by atoms with Gasteiger partial charge in [-0.15, -0.1) is 0 Å². The molecule has 0 aromatic carbocycles. The second-order valence-electron chi connectivity index (χ2n) is 3.25. The molecule has 0 aromatic rings. The van der Waals surface area contributed by atoms with Crippen molar-refractivity contribution >= 4 is 5.97 Å². The molecule has 0 saturated heterocycles. The molecule has 0 aliphatic carbocycles. The Balaban J connectivity index is 3.95. The average Bonchev–Trinajstić information content (AvgIpc) is 2.11. The topological polar surface area (TPSA) is 40.5 Å². The number of rotatable bonds is 6. The van der Waals surface area contributed by atoms with E-state index >= 15 is 0 Å². The summed E-state index contributed by atoms with van der Waals surface area (Å²) in [4.78, 5) is 12.3. The molecule has 0 aliphatic rings. The Hall–Kier alpha value is -0.990. The lowest BCUT2D eigenvalue weighted by molar-refractivity contribution is -0.131. The molecule has 0 heterocycles. The molecule has 0 radical (unpaired) electrons. The van der Waals surface area contributed by atoms with Crippen LogP contribution in [0.25, 0.3) is 0 Å². The lowest BCUT2D eigenvalue weighted by Crippen LogP contribution is -2.23. The average molecular weight is 185 g/mol. The van der Waals surface area contributed by atoms with Crippen molar-refractivity contribution in [3.8, 4) is 0 Å². The Morgan fingerprint density at radius 2 is 2.15 bits per heavy atom. The molecular formula is C10H19NO2. The minimum Gasteiger partial charge on any atom is -0.478 e. The number of carboxylic acid groups (broad SMARTS) is 1. The standard InChI is InChI=1S/C10H19NO2/c1-4-9(3)8-11(5-2)7-6-10(12)13/h6-7,9H,4-5,8H2,1-3H3,(H,12,13). The van der Waals surface area contributed by atoms with Crippen LogP contribution in [-0.2, 0) is 4.79 Å². The van der Waals surface area contributed by atoms with Crippen LogP contribution in [0.5, 0.6) is 0 Å². The summed E-state index contributed by atoms with van der Waals surface area (Å²) in [5.74, 6) is -0.277. The van der Waals surface area contributed by atoms with Gasteiger partial charge in [0.1, 0.15) is 0 Å². The van der Waals surface area contributed by atoms with E-state index in [0.717, 1.165) is 19.5 Å². The highest BCUT2D eigenvalue weighted by molar-refractivity contribution is 5.79. The maximum atomic E-state index is 10.3. The molecular weight excluding hydrogens is 166 g/mol. The molecule has 0 aromatic heterocycles. The van der Waals surface area contributed by atoms with Gasteiger partial charge in [-0.25, -0.2) is 4.79 Å². The largest absolute Gasteiger partial charge is 0.478 e. The van der Waals surface area contributed by atoms with Gasteiger partial charge in [-0.1, -0.05) is 20.3 Å².